The van der Waals surface area contributed by atoms with Crippen LogP contribution in [0.2, 0.25) is 0 Å². The summed E-state index contributed by atoms with van der Waals surface area (Å²) >= 11 is 0. The molecule has 1 rings (SSSR count). The van der Waals surface area contributed by atoms with E-state index in [1.54, 1.807) is 0 Å². The van der Waals surface area contributed by atoms with Crippen molar-refractivity contribution in [3.63, 3.8) is 0 Å². The predicted molar refractivity (Wildman–Crippen MR) is 64.1 cm³/mol. The summed E-state index contributed by atoms with van der Waals surface area (Å²) in [5.41, 5.74) is 0.737. The number of ether oxygens (including phenoxy) is 1. The molecule has 1 aromatic rings. The molecule has 0 unspecified atom stereocenters. The van der Waals surface area contributed by atoms with Crippen LogP contribution in [0.15, 0.2) is 30.4 Å². The summed E-state index contributed by atoms with van der Waals surface area (Å²) in [4.78, 5) is 0. The minimum atomic E-state index is -0.699. The molecule has 0 radical (unpaired) electrons. The van der Waals surface area contributed by atoms with Crippen molar-refractivity contribution in [2.75, 3.05) is 13.2 Å². The van der Waals surface area contributed by atoms with E-state index in [9.17, 15) is 8.78 Å². The second-order valence-electron chi connectivity index (χ2n) is 4.13. The highest BCUT2D eigenvalue weighted by Crippen LogP contribution is 2.21. The lowest BCUT2D eigenvalue weighted by Crippen LogP contribution is -2.26. The second kappa shape index (κ2) is 6.35. The highest BCUT2D eigenvalue weighted by Gasteiger charge is 2.09. The molecular weight excluding hydrogens is 224 g/mol. The van der Waals surface area contributed by atoms with E-state index < -0.39 is 11.6 Å². The van der Waals surface area contributed by atoms with Crippen LogP contribution in [0.1, 0.15) is 13.8 Å². The van der Waals surface area contributed by atoms with Gasteiger partial charge in [0.15, 0.2) is 17.4 Å². The van der Waals surface area contributed by atoms with Crippen LogP contribution in [-0.2, 0) is 0 Å². The number of halogens is 2. The number of rotatable bonds is 6. The summed E-state index contributed by atoms with van der Waals surface area (Å²) in [6.07, 6.45) is 0. The Bertz CT molecular complexity index is 371. The van der Waals surface area contributed by atoms with Crippen molar-refractivity contribution in [3.8, 4) is 5.75 Å². The minimum Gasteiger partial charge on any atom is -0.483 e. The van der Waals surface area contributed by atoms with Crippen LogP contribution in [0.25, 0.3) is 0 Å². The summed E-state index contributed by atoms with van der Waals surface area (Å²) in [7, 11) is 0. The first-order valence-corrected chi connectivity index (χ1v) is 5.47. The fraction of sp³-hybridized carbons (Fsp3) is 0.385. The van der Waals surface area contributed by atoms with E-state index in [1.807, 2.05) is 13.8 Å². The van der Waals surface area contributed by atoms with Gasteiger partial charge in [-0.05, 0) is 17.7 Å². The van der Waals surface area contributed by atoms with Gasteiger partial charge in [0.1, 0.15) is 6.61 Å². The molecule has 0 aliphatic rings. The zero-order valence-corrected chi connectivity index (χ0v) is 10.1. The van der Waals surface area contributed by atoms with E-state index in [1.165, 1.54) is 6.07 Å². The third-order valence-corrected chi connectivity index (χ3v) is 2.10. The van der Waals surface area contributed by atoms with Crippen molar-refractivity contribution >= 4 is 0 Å². The maximum absolute atomic E-state index is 13.2. The number of benzene rings is 1. The maximum Gasteiger partial charge on any atom is 0.191 e. The number of para-hydroxylation sites is 1. The van der Waals surface area contributed by atoms with Crippen LogP contribution in [0.4, 0.5) is 8.78 Å². The zero-order chi connectivity index (χ0) is 12.8. The Morgan fingerprint density at radius 1 is 1.35 bits per heavy atom. The zero-order valence-electron chi connectivity index (χ0n) is 10.1. The van der Waals surface area contributed by atoms with Crippen LogP contribution in [-0.4, -0.2) is 19.2 Å². The molecular formula is C13H17F2NO. The lowest BCUT2D eigenvalue weighted by molar-refractivity contribution is 0.309. The molecule has 1 N–H and O–H groups in total. The van der Waals surface area contributed by atoms with Gasteiger partial charge in [-0.3, -0.25) is 0 Å². The van der Waals surface area contributed by atoms with Gasteiger partial charge in [0.2, 0.25) is 0 Å². The molecule has 0 heterocycles. The summed E-state index contributed by atoms with van der Waals surface area (Å²) in [6, 6.07) is 3.95. The van der Waals surface area contributed by atoms with E-state index in [-0.39, 0.29) is 12.4 Å². The van der Waals surface area contributed by atoms with Crippen molar-refractivity contribution in [3.05, 3.63) is 42.0 Å². The van der Waals surface area contributed by atoms with Gasteiger partial charge >= 0.3 is 0 Å². The first-order chi connectivity index (χ1) is 8.00. The number of nitrogens with one attached hydrogen (secondary N) is 1. The van der Waals surface area contributed by atoms with Crippen LogP contribution >= 0.6 is 0 Å². The molecule has 0 spiro atoms. The summed E-state index contributed by atoms with van der Waals surface area (Å²) in [5, 5.41) is 3.14. The van der Waals surface area contributed by atoms with Gasteiger partial charge in [-0.1, -0.05) is 26.5 Å². The summed E-state index contributed by atoms with van der Waals surface area (Å²) < 4.78 is 31.5. The van der Waals surface area contributed by atoms with Crippen molar-refractivity contribution in [1.82, 2.24) is 5.32 Å². The van der Waals surface area contributed by atoms with E-state index in [0.717, 1.165) is 17.7 Å². The average Bonchev–Trinajstić information content (AvgIpc) is 2.25. The number of hydrogen-bond donors (Lipinski definition) is 1. The maximum atomic E-state index is 13.2. The molecule has 0 aliphatic heterocycles. The molecule has 0 aromatic heterocycles. The molecule has 0 fully saturated rings. The largest absolute Gasteiger partial charge is 0.483 e. The Labute approximate surface area is 100 Å². The van der Waals surface area contributed by atoms with Gasteiger partial charge in [0, 0.05) is 12.6 Å². The highest BCUT2D eigenvalue weighted by atomic mass is 19.1. The molecule has 0 saturated carbocycles. The molecule has 17 heavy (non-hydrogen) atoms. The molecule has 0 aliphatic carbocycles. The smallest absolute Gasteiger partial charge is 0.191 e. The van der Waals surface area contributed by atoms with Crippen molar-refractivity contribution in [2.45, 2.75) is 19.9 Å². The first kappa shape index (κ1) is 13.6. The molecule has 0 bridgehead atoms. The van der Waals surface area contributed by atoms with Gasteiger partial charge in [-0.15, -0.1) is 0 Å². The SMILES string of the molecule is C=C(CNC(C)C)COc1c(F)cccc1F. The van der Waals surface area contributed by atoms with E-state index in [2.05, 4.69) is 11.9 Å². The van der Waals surface area contributed by atoms with Gasteiger partial charge in [-0.25, -0.2) is 8.78 Å². The van der Waals surface area contributed by atoms with Gasteiger partial charge < -0.3 is 10.1 Å². The normalized spacial score (nSPS) is 10.6. The Kier molecular flexibility index (Phi) is 5.10. The quantitative estimate of drug-likeness (QED) is 0.773. The molecule has 0 saturated heterocycles. The van der Waals surface area contributed by atoms with Gasteiger partial charge in [0.25, 0.3) is 0 Å². The predicted octanol–water partition coefficient (Wildman–Crippen LogP) is 2.90. The van der Waals surface area contributed by atoms with Crippen LogP contribution in [0.5, 0.6) is 5.75 Å². The third-order valence-electron chi connectivity index (χ3n) is 2.10. The standard InChI is InChI=1S/C13H17F2NO/c1-9(2)16-7-10(3)8-17-13-11(14)5-4-6-12(13)15/h4-6,9,16H,3,7-8H2,1-2H3. The summed E-state index contributed by atoms with van der Waals surface area (Å²) in [5.74, 6) is -1.75. The lowest BCUT2D eigenvalue weighted by Gasteiger charge is -2.12. The van der Waals surface area contributed by atoms with Crippen LogP contribution in [0, 0.1) is 11.6 Å². The van der Waals surface area contributed by atoms with Crippen LogP contribution in [0.3, 0.4) is 0 Å². The molecule has 94 valence electrons. The van der Waals surface area contributed by atoms with Gasteiger partial charge in [-0.2, -0.15) is 0 Å². The Morgan fingerprint density at radius 2 is 1.94 bits per heavy atom. The Balaban J connectivity index is 2.47. The monoisotopic (exact) mass is 241 g/mol. The Morgan fingerprint density at radius 3 is 2.47 bits per heavy atom. The third kappa shape index (κ3) is 4.53. The minimum absolute atomic E-state index is 0.0948. The fourth-order valence-corrected chi connectivity index (χ4v) is 1.19. The Hall–Kier alpha value is -1.42. The topological polar surface area (TPSA) is 21.3 Å². The van der Waals surface area contributed by atoms with Gasteiger partial charge in [0.05, 0.1) is 0 Å². The average molecular weight is 241 g/mol. The van der Waals surface area contributed by atoms with E-state index in [4.69, 9.17) is 4.74 Å². The highest BCUT2D eigenvalue weighted by molar-refractivity contribution is 5.26. The molecule has 0 amide bonds. The first-order valence-electron chi connectivity index (χ1n) is 5.47. The molecule has 2 nitrogen and oxygen atoms in total. The van der Waals surface area contributed by atoms with Crippen molar-refractivity contribution in [2.24, 2.45) is 0 Å². The number of hydrogen-bond acceptors (Lipinski definition) is 2. The van der Waals surface area contributed by atoms with E-state index in [0.29, 0.717) is 12.6 Å². The molecule has 1 aromatic carbocycles. The van der Waals surface area contributed by atoms with E-state index >= 15 is 0 Å². The molecule has 0 atom stereocenters. The lowest BCUT2D eigenvalue weighted by atomic mass is 10.3. The fourth-order valence-electron chi connectivity index (χ4n) is 1.19. The second-order valence-corrected chi connectivity index (χ2v) is 4.13. The van der Waals surface area contributed by atoms with Crippen molar-refractivity contribution < 1.29 is 13.5 Å². The van der Waals surface area contributed by atoms with Crippen molar-refractivity contribution in [1.29, 1.82) is 0 Å². The van der Waals surface area contributed by atoms with Crippen LogP contribution < -0.4 is 10.1 Å². The summed E-state index contributed by atoms with van der Waals surface area (Å²) in [6.45, 7) is 8.44. The molecule has 4 heteroatoms.